The summed E-state index contributed by atoms with van der Waals surface area (Å²) < 4.78 is 0. The quantitative estimate of drug-likeness (QED) is 0.702. The summed E-state index contributed by atoms with van der Waals surface area (Å²) in [5, 5.41) is 14.2. The highest BCUT2D eigenvalue weighted by Crippen LogP contribution is 2.37. The van der Waals surface area contributed by atoms with Gasteiger partial charge >= 0.3 is 0 Å². The molecule has 0 bridgehead atoms. The molecule has 3 aromatic carbocycles. The van der Waals surface area contributed by atoms with Crippen LogP contribution in [0.4, 0.5) is 0 Å². The molecule has 24 heavy (non-hydrogen) atoms. The summed E-state index contributed by atoms with van der Waals surface area (Å²) in [6, 6.07) is 27.4. The van der Waals surface area contributed by atoms with Crippen molar-refractivity contribution in [3.8, 4) is 5.75 Å². The molecule has 0 spiro atoms. The van der Waals surface area contributed by atoms with Crippen LogP contribution in [-0.4, -0.2) is 5.11 Å². The predicted molar refractivity (Wildman–Crippen MR) is 106 cm³/mol. The van der Waals surface area contributed by atoms with Gasteiger partial charge in [-0.2, -0.15) is 0 Å². The van der Waals surface area contributed by atoms with Crippen LogP contribution >= 0.6 is 7.92 Å². The number of rotatable bonds is 3. The number of aromatic hydroxyl groups is 1. The second-order valence-electron chi connectivity index (χ2n) is 6.96. The maximum absolute atomic E-state index is 10.3. The molecule has 3 aromatic rings. The molecule has 1 nitrogen and oxygen atoms in total. The van der Waals surface area contributed by atoms with Crippen LogP contribution in [0.15, 0.2) is 78.9 Å². The number of hydrogen-bond donors (Lipinski definition) is 1. The van der Waals surface area contributed by atoms with Crippen LogP contribution in [0, 0.1) is 0 Å². The van der Waals surface area contributed by atoms with Crippen LogP contribution in [0.2, 0.25) is 0 Å². The third kappa shape index (κ3) is 3.52. The molecule has 0 saturated heterocycles. The summed E-state index contributed by atoms with van der Waals surface area (Å²) in [5.74, 6) is 0.377. The van der Waals surface area contributed by atoms with Gasteiger partial charge < -0.3 is 5.11 Å². The van der Waals surface area contributed by atoms with Gasteiger partial charge in [0.05, 0.1) is 0 Å². The Morgan fingerprint density at radius 2 is 1.17 bits per heavy atom. The molecule has 0 fully saturated rings. The maximum Gasteiger partial charge on any atom is 0.119 e. The van der Waals surface area contributed by atoms with Gasteiger partial charge in [0.2, 0.25) is 0 Å². The number of phenolic OH excluding ortho intramolecular Hbond substituents is 1. The highest BCUT2D eigenvalue weighted by molar-refractivity contribution is 7.79. The summed E-state index contributed by atoms with van der Waals surface area (Å²) in [4.78, 5) is 0. The Bertz CT molecular complexity index is 765. The molecule has 0 aliphatic rings. The maximum atomic E-state index is 10.3. The van der Waals surface area contributed by atoms with E-state index in [4.69, 9.17) is 0 Å². The third-order valence-electron chi connectivity index (χ3n) is 4.08. The Labute approximate surface area is 145 Å². The van der Waals surface area contributed by atoms with Gasteiger partial charge in [0, 0.05) is 0 Å². The normalized spacial score (nSPS) is 11.7. The van der Waals surface area contributed by atoms with E-state index in [1.54, 1.807) is 0 Å². The largest absolute Gasteiger partial charge is 0.508 e. The SMILES string of the molecule is CC(C)(C)c1cc(P(c2ccccc2)c2ccccc2)ccc1O. The molecule has 0 amide bonds. The van der Waals surface area contributed by atoms with Gasteiger partial charge in [0.1, 0.15) is 5.75 Å². The Kier molecular flexibility index (Phi) is 4.73. The van der Waals surface area contributed by atoms with Crippen molar-refractivity contribution < 1.29 is 5.11 Å². The van der Waals surface area contributed by atoms with Crippen LogP contribution in [0.25, 0.3) is 0 Å². The smallest absolute Gasteiger partial charge is 0.119 e. The first-order valence-corrected chi connectivity index (χ1v) is 9.55. The zero-order valence-electron chi connectivity index (χ0n) is 14.4. The molecule has 122 valence electrons. The van der Waals surface area contributed by atoms with Gasteiger partial charge in [0.25, 0.3) is 0 Å². The first-order chi connectivity index (χ1) is 11.5. The minimum Gasteiger partial charge on any atom is -0.508 e. The van der Waals surface area contributed by atoms with Gasteiger partial charge in [-0.25, -0.2) is 0 Å². The average molecular weight is 334 g/mol. The zero-order chi connectivity index (χ0) is 17.2. The second-order valence-corrected chi connectivity index (χ2v) is 9.18. The van der Waals surface area contributed by atoms with E-state index < -0.39 is 7.92 Å². The van der Waals surface area contributed by atoms with Gasteiger partial charge in [0.15, 0.2) is 0 Å². The Morgan fingerprint density at radius 1 is 0.667 bits per heavy atom. The van der Waals surface area contributed by atoms with Crippen molar-refractivity contribution in [2.75, 3.05) is 0 Å². The van der Waals surface area contributed by atoms with Crippen LogP contribution in [0.3, 0.4) is 0 Å². The average Bonchev–Trinajstić information content (AvgIpc) is 2.57. The van der Waals surface area contributed by atoms with Gasteiger partial charge in [-0.05, 0) is 46.9 Å². The molecule has 0 aliphatic carbocycles. The molecule has 0 unspecified atom stereocenters. The molecular weight excluding hydrogens is 311 g/mol. The van der Waals surface area contributed by atoms with Gasteiger partial charge in [-0.15, -0.1) is 0 Å². The van der Waals surface area contributed by atoms with Crippen molar-refractivity contribution in [2.45, 2.75) is 26.2 Å². The summed E-state index contributed by atoms with van der Waals surface area (Å²) in [6.07, 6.45) is 0. The summed E-state index contributed by atoms with van der Waals surface area (Å²) in [6.45, 7) is 6.41. The lowest BCUT2D eigenvalue weighted by Gasteiger charge is -2.25. The van der Waals surface area contributed by atoms with Crippen molar-refractivity contribution in [3.63, 3.8) is 0 Å². The van der Waals surface area contributed by atoms with E-state index in [1.165, 1.54) is 15.9 Å². The first kappa shape index (κ1) is 16.7. The Morgan fingerprint density at radius 3 is 1.62 bits per heavy atom. The van der Waals surface area contributed by atoms with Crippen molar-refractivity contribution in [3.05, 3.63) is 84.4 Å². The highest BCUT2D eigenvalue weighted by Gasteiger charge is 2.22. The second kappa shape index (κ2) is 6.79. The molecular formula is C22H23OP. The zero-order valence-corrected chi connectivity index (χ0v) is 15.3. The number of phenols is 1. The lowest BCUT2D eigenvalue weighted by atomic mass is 9.86. The fourth-order valence-electron chi connectivity index (χ4n) is 2.87. The summed E-state index contributed by atoms with van der Waals surface area (Å²) in [7, 11) is -0.633. The first-order valence-electron chi connectivity index (χ1n) is 8.20. The molecule has 0 radical (unpaired) electrons. The molecule has 0 heterocycles. The monoisotopic (exact) mass is 334 g/mol. The Balaban J connectivity index is 2.17. The third-order valence-corrected chi connectivity index (χ3v) is 6.50. The van der Waals surface area contributed by atoms with E-state index in [0.717, 1.165) is 5.56 Å². The van der Waals surface area contributed by atoms with Crippen molar-refractivity contribution in [1.29, 1.82) is 0 Å². The lowest BCUT2D eigenvalue weighted by molar-refractivity contribution is 0.447. The van der Waals surface area contributed by atoms with Gasteiger partial charge in [-0.1, -0.05) is 87.5 Å². The van der Waals surface area contributed by atoms with Crippen LogP contribution in [-0.2, 0) is 5.41 Å². The van der Waals surface area contributed by atoms with E-state index in [0.29, 0.717) is 5.75 Å². The molecule has 0 atom stereocenters. The summed E-state index contributed by atoms with van der Waals surface area (Å²) >= 11 is 0. The van der Waals surface area contributed by atoms with Crippen molar-refractivity contribution >= 4 is 23.8 Å². The molecule has 3 rings (SSSR count). The molecule has 0 aliphatic heterocycles. The topological polar surface area (TPSA) is 20.2 Å². The minimum absolute atomic E-state index is 0.0888. The lowest BCUT2D eigenvalue weighted by Crippen LogP contribution is -2.22. The molecule has 1 N–H and O–H groups in total. The standard InChI is InChI=1S/C22H23OP/c1-22(2,3)20-16-19(14-15-21(20)23)24(17-10-6-4-7-11-17)18-12-8-5-9-13-18/h4-16,23H,1-3H3. The summed E-state index contributed by atoms with van der Waals surface area (Å²) in [5.41, 5.74) is 0.911. The van der Waals surface area contributed by atoms with Gasteiger partial charge in [-0.3, -0.25) is 0 Å². The van der Waals surface area contributed by atoms with Crippen molar-refractivity contribution in [1.82, 2.24) is 0 Å². The van der Waals surface area contributed by atoms with Crippen LogP contribution < -0.4 is 15.9 Å². The van der Waals surface area contributed by atoms with Crippen LogP contribution in [0.1, 0.15) is 26.3 Å². The minimum atomic E-state index is -0.633. The molecule has 0 aromatic heterocycles. The van der Waals surface area contributed by atoms with E-state index >= 15 is 0 Å². The van der Waals surface area contributed by atoms with E-state index in [2.05, 4.69) is 93.6 Å². The molecule has 2 heteroatoms. The van der Waals surface area contributed by atoms with E-state index in [-0.39, 0.29) is 5.41 Å². The van der Waals surface area contributed by atoms with Crippen molar-refractivity contribution in [2.24, 2.45) is 0 Å². The van der Waals surface area contributed by atoms with Crippen LogP contribution in [0.5, 0.6) is 5.75 Å². The fraction of sp³-hybridized carbons (Fsp3) is 0.182. The highest BCUT2D eigenvalue weighted by atomic mass is 31.1. The van der Waals surface area contributed by atoms with E-state index in [1.807, 2.05) is 6.07 Å². The number of hydrogen-bond acceptors (Lipinski definition) is 1. The fourth-order valence-corrected chi connectivity index (χ4v) is 5.18. The predicted octanol–water partition coefficient (Wildman–Crippen LogP) is 4.45. The number of benzene rings is 3. The Hall–Kier alpha value is -2.11. The molecule has 0 saturated carbocycles. The van der Waals surface area contributed by atoms with E-state index in [9.17, 15) is 5.11 Å².